The van der Waals surface area contributed by atoms with Gasteiger partial charge in [-0.3, -0.25) is 4.94 Å². The molecule has 23 heteroatoms. The van der Waals surface area contributed by atoms with Crippen LogP contribution in [0.3, 0.4) is 0 Å². The Hall–Kier alpha value is -2.52. The average Bonchev–Trinajstić information content (AvgIpc) is 2.72. The van der Waals surface area contributed by atoms with Crippen molar-refractivity contribution in [2.45, 2.75) is 47.6 Å². The van der Waals surface area contributed by atoms with Gasteiger partial charge < -0.3 is 0 Å². The molecule has 1 aromatic carbocycles. The molecule has 216 valence electrons. The third kappa shape index (κ3) is 3.88. The van der Waals surface area contributed by atoms with Crippen LogP contribution in [-0.2, 0) is 5.92 Å². The van der Waals surface area contributed by atoms with Crippen LogP contribution in [0.2, 0.25) is 0 Å². The summed E-state index contributed by atoms with van der Waals surface area (Å²) in [6.07, 6.45) is -8.00. The van der Waals surface area contributed by atoms with Gasteiger partial charge in [0.15, 0.2) is 11.6 Å². The standard InChI is InChI=1S/C14F22O/c15-2-1(6(37-36)5(18)4(17)3(2)16)7(19,20)8(21,22)9(23,24)10(25,26)11(27,28)12(29,30)13(31,32)14(33,34)35. The molecule has 0 aliphatic heterocycles. The first-order chi connectivity index (χ1) is 16.0. The van der Waals surface area contributed by atoms with Gasteiger partial charge in [0.05, 0.1) is 0 Å². The van der Waals surface area contributed by atoms with Crippen molar-refractivity contribution in [2.75, 3.05) is 0 Å². The normalized spacial score (nSPS) is 15.3. The smallest absolute Gasteiger partial charge is 0.290 e. The van der Waals surface area contributed by atoms with E-state index >= 15 is 0 Å². The molecule has 1 nitrogen and oxygen atoms in total. The van der Waals surface area contributed by atoms with Crippen molar-refractivity contribution in [3.05, 3.63) is 28.8 Å². The Balaban J connectivity index is 4.00. The van der Waals surface area contributed by atoms with Crippen LogP contribution >= 0.6 is 0 Å². The monoisotopic (exact) mass is 602 g/mol. The largest absolute Gasteiger partial charge is 0.460 e. The Morgan fingerprint density at radius 2 is 0.676 bits per heavy atom. The Morgan fingerprint density at radius 3 is 1.00 bits per heavy atom. The van der Waals surface area contributed by atoms with Gasteiger partial charge in [-0.2, -0.15) is 79.0 Å². The predicted octanol–water partition coefficient (Wildman–Crippen LogP) is 7.97. The van der Waals surface area contributed by atoms with E-state index in [1.807, 2.05) is 4.94 Å². The number of hydrogen-bond acceptors (Lipinski definition) is 1. The van der Waals surface area contributed by atoms with E-state index in [1.54, 1.807) is 0 Å². The summed E-state index contributed by atoms with van der Waals surface area (Å²) in [5, 5.41) is 0. The fraction of sp³-hybridized carbons (Fsp3) is 0.571. The molecule has 0 bridgehead atoms. The highest BCUT2D eigenvalue weighted by Crippen LogP contribution is 2.65. The lowest BCUT2D eigenvalue weighted by molar-refractivity contribution is -0.462. The molecule has 1 aromatic rings. The van der Waals surface area contributed by atoms with Gasteiger partial charge in [-0.25, -0.2) is 13.2 Å². The minimum atomic E-state index is -9.10. The van der Waals surface area contributed by atoms with Crippen molar-refractivity contribution in [3.63, 3.8) is 0 Å². The van der Waals surface area contributed by atoms with Gasteiger partial charge >= 0.3 is 47.6 Å². The molecular formula is C14F22O. The maximum Gasteiger partial charge on any atom is 0.460 e. The van der Waals surface area contributed by atoms with Gasteiger partial charge in [0, 0.05) is 4.53 Å². The van der Waals surface area contributed by atoms with Gasteiger partial charge in [0.1, 0.15) is 5.56 Å². The van der Waals surface area contributed by atoms with E-state index in [0.717, 1.165) is 0 Å². The SMILES string of the molecule is FOc1c(F)c(F)c(F)c(F)c1C(F)(F)C(F)(F)C(F)(F)C(F)(F)C(F)(F)C(F)(F)C(F)(F)C(F)(F)F. The van der Waals surface area contributed by atoms with E-state index in [0.29, 0.717) is 0 Å². The van der Waals surface area contributed by atoms with Crippen LogP contribution in [0.5, 0.6) is 5.75 Å². The molecule has 0 aromatic heterocycles. The van der Waals surface area contributed by atoms with Crippen LogP contribution in [0.15, 0.2) is 0 Å². The highest BCUT2D eigenvalue weighted by Gasteiger charge is 2.95. The fourth-order valence-corrected chi connectivity index (χ4v) is 2.29. The minimum Gasteiger partial charge on any atom is -0.290 e. The van der Waals surface area contributed by atoms with Crippen LogP contribution in [0.4, 0.5) is 96.7 Å². The van der Waals surface area contributed by atoms with Crippen molar-refractivity contribution in [3.8, 4) is 5.75 Å². The van der Waals surface area contributed by atoms with Crippen molar-refractivity contribution in [1.82, 2.24) is 0 Å². The molecule has 0 heterocycles. The zero-order chi connectivity index (χ0) is 30.2. The summed E-state index contributed by atoms with van der Waals surface area (Å²) in [6, 6.07) is 0. The number of hydrogen-bond donors (Lipinski definition) is 0. The summed E-state index contributed by atoms with van der Waals surface area (Å²) < 4.78 is 289. The summed E-state index contributed by atoms with van der Waals surface area (Å²) in [4.78, 5) is 1.92. The first kappa shape index (κ1) is 32.5. The van der Waals surface area contributed by atoms with E-state index in [1.165, 1.54) is 0 Å². The molecule has 0 atom stereocenters. The summed E-state index contributed by atoms with van der Waals surface area (Å²) >= 11 is 0. The highest BCUT2D eigenvalue weighted by molar-refractivity contribution is 5.42. The maximum atomic E-state index is 14.0. The summed E-state index contributed by atoms with van der Waals surface area (Å²) in [5.74, 6) is -79.5. The molecule has 0 spiro atoms. The molecule has 0 amide bonds. The molecule has 0 radical (unpaired) electrons. The van der Waals surface area contributed by atoms with Gasteiger partial charge in [0.2, 0.25) is 17.4 Å². The summed E-state index contributed by atoms with van der Waals surface area (Å²) in [5.41, 5.74) is -4.32. The Labute approximate surface area is 185 Å². The Kier molecular flexibility index (Phi) is 7.46. The lowest BCUT2D eigenvalue weighted by Crippen LogP contribution is -2.74. The second kappa shape index (κ2) is 8.50. The molecule has 1 rings (SSSR count). The van der Waals surface area contributed by atoms with Crippen LogP contribution in [-0.4, -0.2) is 41.7 Å². The van der Waals surface area contributed by atoms with E-state index in [4.69, 9.17) is 0 Å². The first-order valence-electron chi connectivity index (χ1n) is 7.83. The van der Waals surface area contributed by atoms with E-state index in [-0.39, 0.29) is 0 Å². The summed E-state index contributed by atoms with van der Waals surface area (Å²) in [7, 11) is 0. The zero-order valence-corrected chi connectivity index (χ0v) is 15.7. The molecular weight excluding hydrogens is 602 g/mol. The van der Waals surface area contributed by atoms with E-state index < -0.39 is 82.2 Å². The van der Waals surface area contributed by atoms with Crippen LogP contribution in [0.1, 0.15) is 5.56 Å². The molecule has 0 unspecified atom stereocenters. The molecule has 0 N–H and O–H groups in total. The molecule has 0 saturated heterocycles. The van der Waals surface area contributed by atoms with Gasteiger partial charge in [0.25, 0.3) is 0 Å². The molecule has 0 aliphatic rings. The van der Waals surface area contributed by atoms with Crippen LogP contribution < -0.4 is 4.94 Å². The fourth-order valence-electron chi connectivity index (χ4n) is 2.29. The van der Waals surface area contributed by atoms with Gasteiger partial charge in [-0.15, -0.1) is 0 Å². The van der Waals surface area contributed by atoms with Crippen molar-refractivity contribution >= 4 is 0 Å². The van der Waals surface area contributed by atoms with Crippen molar-refractivity contribution in [1.29, 1.82) is 0 Å². The van der Waals surface area contributed by atoms with Crippen LogP contribution in [0.25, 0.3) is 0 Å². The highest BCUT2D eigenvalue weighted by atomic mass is 19.4. The number of halogens is 22. The van der Waals surface area contributed by atoms with Crippen LogP contribution in [0, 0.1) is 23.3 Å². The second-order valence-corrected chi connectivity index (χ2v) is 6.56. The van der Waals surface area contributed by atoms with E-state index in [2.05, 4.69) is 0 Å². The average molecular weight is 602 g/mol. The lowest BCUT2D eigenvalue weighted by atomic mass is 9.86. The summed E-state index contributed by atoms with van der Waals surface area (Å²) in [6.45, 7) is 0. The third-order valence-electron chi connectivity index (χ3n) is 4.34. The topological polar surface area (TPSA) is 9.23 Å². The first-order valence-corrected chi connectivity index (χ1v) is 7.83. The van der Waals surface area contributed by atoms with Crippen molar-refractivity contribution in [2.24, 2.45) is 0 Å². The van der Waals surface area contributed by atoms with Gasteiger partial charge in [-0.05, 0) is 0 Å². The number of benzene rings is 1. The quantitative estimate of drug-likeness (QED) is 0.167. The lowest BCUT2D eigenvalue weighted by Gasteiger charge is -2.42. The Morgan fingerprint density at radius 1 is 0.378 bits per heavy atom. The Bertz CT molecular complexity index is 1040. The van der Waals surface area contributed by atoms with Crippen molar-refractivity contribution < 1.29 is 102 Å². The number of rotatable bonds is 8. The maximum absolute atomic E-state index is 14.0. The number of alkyl halides is 17. The molecule has 0 saturated carbocycles. The third-order valence-corrected chi connectivity index (χ3v) is 4.34. The molecule has 0 fully saturated rings. The second-order valence-electron chi connectivity index (χ2n) is 6.56. The zero-order valence-electron chi connectivity index (χ0n) is 15.7. The molecule has 37 heavy (non-hydrogen) atoms. The predicted molar refractivity (Wildman–Crippen MR) is 67.6 cm³/mol. The van der Waals surface area contributed by atoms with E-state index in [9.17, 15) is 96.7 Å². The molecule has 0 aliphatic carbocycles. The minimum absolute atomic E-state index is 1.92. The van der Waals surface area contributed by atoms with Gasteiger partial charge in [-0.1, -0.05) is 0 Å².